The van der Waals surface area contributed by atoms with E-state index in [4.69, 9.17) is 9.15 Å². The van der Waals surface area contributed by atoms with E-state index in [9.17, 15) is 0 Å². The molecule has 0 N–H and O–H groups in total. The molecular formula is C10H10N2O2. The van der Waals surface area contributed by atoms with Gasteiger partial charge in [-0.1, -0.05) is 12.1 Å². The van der Waals surface area contributed by atoms with E-state index in [0.717, 1.165) is 16.9 Å². The van der Waals surface area contributed by atoms with E-state index in [2.05, 4.69) is 10.2 Å². The fourth-order valence-corrected chi connectivity index (χ4v) is 1.38. The third-order valence-electron chi connectivity index (χ3n) is 2.01. The van der Waals surface area contributed by atoms with Crippen molar-refractivity contribution in [3.63, 3.8) is 0 Å². The molecule has 72 valence electrons. The Balaban J connectivity index is 2.58. The minimum Gasteiger partial charge on any atom is -0.496 e. The van der Waals surface area contributed by atoms with Crippen molar-refractivity contribution in [3.05, 3.63) is 30.2 Å². The van der Waals surface area contributed by atoms with E-state index < -0.39 is 0 Å². The van der Waals surface area contributed by atoms with E-state index in [0.29, 0.717) is 5.89 Å². The van der Waals surface area contributed by atoms with Gasteiger partial charge in [-0.05, 0) is 18.6 Å². The first-order chi connectivity index (χ1) is 6.83. The number of hydrogen-bond acceptors (Lipinski definition) is 4. The molecule has 0 spiro atoms. The highest BCUT2D eigenvalue weighted by molar-refractivity contribution is 5.64. The number of benzene rings is 1. The average Bonchev–Trinajstić information content (AvgIpc) is 2.70. The van der Waals surface area contributed by atoms with Crippen LogP contribution in [0.3, 0.4) is 0 Å². The average molecular weight is 190 g/mol. The van der Waals surface area contributed by atoms with E-state index >= 15 is 0 Å². The Morgan fingerprint density at radius 3 is 2.86 bits per heavy atom. The molecule has 0 aliphatic rings. The highest BCUT2D eigenvalue weighted by Crippen LogP contribution is 2.30. The van der Waals surface area contributed by atoms with Crippen molar-refractivity contribution >= 4 is 0 Å². The van der Waals surface area contributed by atoms with Crippen LogP contribution in [-0.2, 0) is 0 Å². The van der Waals surface area contributed by atoms with Crippen LogP contribution in [0.2, 0.25) is 0 Å². The molecule has 0 atom stereocenters. The summed E-state index contributed by atoms with van der Waals surface area (Å²) in [6, 6.07) is 5.79. The van der Waals surface area contributed by atoms with Crippen LogP contribution in [-0.4, -0.2) is 17.3 Å². The highest BCUT2D eigenvalue weighted by Gasteiger charge is 2.11. The fraction of sp³-hybridized carbons (Fsp3) is 0.200. The Bertz CT molecular complexity index is 424. The van der Waals surface area contributed by atoms with Gasteiger partial charge in [0.1, 0.15) is 5.75 Å². The van der Waals surface area contributed by atoms with Gasteiger partial charge in [-0.3, -0.25) is 0 Å². The first kappa shape index (κ1) is 8.74. The largest absolute Gasteiger partial charge is 0.496 e. The SMILES string of the molecule is COc1c(C)cccc1-c1nnco1. The maximum Gasteiger partial charge on any atom is 0.251 e. The van der Waals surface area contributed by atoms with E-state index in [1.807, 2.05) is 25.1 Å². The summed E-state index contributed by atoms with van der Waals surface area (Å²) in [5.74, 6) is 1.25. The van der Waals surface area contributed by atoms with Gasteiger partial charge >= 0.3 is 0 Å². The van der Waals surface area contributed by atoms with E-state index in [1.54, 1.807) is 7.11 Å². The molecule has 4 heteroatoms. The van der Waals surface area contributed by atoms with E-state index in [1.165, 1.54) is 6.39 Å². The molecule has 0 saturated heterocycles. The van der Waals surface area contributed by atoms with E-state index in [-0.39, 0.29) is 0 Å². The lowest BCUT2D eigenvalue weighted by Crippen LogP contribution is -1.91. The second kappa shape index (κ2) is 3.49. The molecule has 0 unspecified atom stereocenters. The molecule has 14 heavy (non-hydrogen) atoms. The summed E-state index contributed by atoms with van der Waals surface area (Å²) < 4.78 is 10.4. The van der Waals surface area contributed by atoms with Crippen LogP contribution >= 0.6 is 0 Å². The number of rotatable bonds is 2. The van der Waals surface area contributed by atoms with Crippen LogP contribution in [0.5, 0.6) is 5.75 Å². The smallest absolute Gasteiger partial charge is 0.251 e. The summed E-state index contributed by atoms with van der Waals surface area (Å²) in [5.41, 5.74) is 1.87. The number of hydrogen-bond donors (Lipinski definition) is 0. The van der Waals surface area contributed by atoms with Gasteiger partial charge in [-0.2, -0.15) is 0 Å². The highest BCUT2D eigenvalue weighted by atomic mass is 16.5. The molecule has 4 nitrogen and oxygen atoms in total. The Labute approximate surface area is 81.5 Å². The molecule has 1 heterocycles. The molecule has 0 saturated carbocycles. The third-order valence-corrected chi connectivity index (χ3v) is 2.01. The molecule has 2 rings (SSSR count). The minimum atomic E-state index is 0.477. The van der Waals surface area contributed by atoms with Crippen LogP contribution < -0.4 is 4.74 Å². The van der Waals surface area contributed by atoms with Crippen LogP contribution in [0.1, 0.15) is 5.56 Å². The van der Waals surface area contributed by atoms with Crippen LogP contribution in [0, 0.1) is 6.92 Å². The summed E-state index contributed by atoms with van der Waals surface area (Å²) in [5, 5.41) is 7.47. The molecule has 0 fully saturated rings. The van der Waals surface area contributed by atoms with Gasteiger partial charge in [0.15, 0.2) is 0 Å². The lowest BCUT2D eigenvalue weighted by atomic mass is 10.1. The first-order valence-corrected chi connectivity index (χ1v) is 4.23. The Morgan fingerprint density at radius 2 is 2.21 bits per heavy atom. The number of nitrogens with zero attached hydrogens (tertiary/aromatic N) is 2. The lowest BCUT2D eigenvalue weighted by molar-refractivity contribution is 0.411. The normalized spacial score (nSPS) is 10.1. The van der Waals surface area contributed by atoms with Crippen molar-refractivity contribution in [1.29, 1.82) is 0 Å². The maximum absolute atomic E-state index is 5.27. The van der Waals surface area contributed by atoms with Gasteiger partial charge in [-0.25, -0.2) is 0 Å². The maximum atomic E-state index is 5.27. The summed E-state index contributed by atoms with van der Waals surface area (Å²) in [4.78, 5) is 0. The predicted octanol–water partition coefficient (Wildman–Crippen LogP) is 2.05. The monoisotopic (exact) mass is 190 g/mol. The van der Waals surface area contributed by atoms with Gasteiger partial charge in [0, 0.05) is 0 Å². The summed E-state index contributed by atoms with van der Waals surface area (Å²) >= 11 is 0. The standard InChI is InChI=1S/C10H10N2O2/c1-7-4-3-5-8(9(7)13-2)10-12-11-6-14-10/h3-6H,1-2H3. The molecule has 2 aromatic rings. The zero-order chi connectivity index (χ0) is 9.97. The lowest BCUT2D eigenvalue weighted by Gasteiger charge is -2.07. The summed E-state index contributed by atoms with van der Waals surface area (Å²) in [6.45, 7) is 1.97. The van der Waals surface area contributed by atoms with Crippen molar-refractivity contribution in [1.82, 2.24) is 10.2 Å². The van der Waals surface area contributed by atoms with Crippen LogP contribution in [0.15, 0.2) is 29.0 Å². The van der Waals surface area contributed by atoms with Crippen molar-refractivity contribution in [2.75, 3.05) is 7.11 Å². The molecular weight excluding hydrogens is 180 g/mol. The molecule has 0 radical (unpaired) electrons. The second-order valence-electron chi connectivity index (χ2n) is 2.90. The molecule has 0 aliphatic carbocycles. The predicted molar refractivity (Wildman–Crippen MR) is 51.0 cm³/mol. The van der Waals surface area contributed by atoms with Crippen molar-refractivity contribution in [2.45, 2.75) is 6.92 Å². The van der Waals surface area contributed by atoms with Crippen molar-refractivity contribution < 1.29 is 9.15 Å². The van der Waals surface area contributed by atoms with Gasteiger partial charge in [-0.15, -0.1) is 10.2 Å². The number of methoxy groups -OCH3 is 1. The van der Waals surface area contributed by atoms with Crippen molar-refractivity contribution in [3.8, 4) is 17.2 Å². The van der Waals surface area contributed by atoms with Crippen LogP contribution in [0.25, 0.3) is 11.5 Å². The topological polar surface area (TPSA) is 48.2 Å². The Hall–Kier alpha value is -1.84. The number of aromatic nitrogens is 2. The Kier molecular flexibility index (Phi) is 2.18. The first-order valence-electron chi connectivity index (χ1n) is 4.23. The molecule has 1 aromatic carbocycles. The molecule has 0 bridgehead atoms. The fourth-order valence-electron chi connectivity index (χ4n) is 1.38. The Morgan fingerprint density at radius 1 is 1.36 bits per heavy atom. The zero-order valence-corrected chi connectivity index (χ0v) is 8.02. The van der Waals surface area contributed by atoms with Gasteiger partial charge in [0.05, 0.1) is 12.7 Å². The number of para-hydroxylation sites is 1. The van der Waals surface area contributed by atoms with Crippen LogP contribution in [0.4, 0.5) is 0 Å². The molecule has 0 aliphatic heterocycles. The van der Waals surface area contributed by atoms with Gasteiger partial charge in [0.2, 0.25) is 6.39 Å². The number of aryl methyl sites for hydroxylation is 1. The third kappa shape index (κ3) is 1.35. The minimum absolute atomic E-state index is 0.477. The second-order valence-corrected chi connectivity index (χ2v) is 2.90. The van der Waals surface area contributed by atoms with Crippen molar-refractivity contribution in [2.24, 2.45) is 0 Å². The van der Waals surface area contributed by atoms with Gasteiger partial charge in [0.25, 0.3) is 5.89 Å². The summed E-state index contributed by atoms with van der Waals surface area (Å²) in [6.07, 6.45) is 1.30. The number of ether oxygens (including phenoxy) is 1. The zero-order valence-electron chi connectivity index (χ0n) is 8.02. The molecule has 0 amide bonds. The quantitative estimate of drug-likeness (QED) is 0.727. The molecule has 1 aromatic heterocycles. The summed E-state index contributed by atoms with van der Waals surface area (Å²) in [7, 11) is 1.63. The van der Waals surface area contributed by atoms with Gasteiger partial charge < -0.3 is 9.15 Å².